The van der Waals surface area contributed by atoms with Gasteiger partial charge in [-0.25, -0.2) is 4.79 Å². The monoisotopic (exact) mass is 340 g/mol. The van der Waals surface area contributed by atoms with Gasteiger partial charge in [0.1, 0.15) is 13.2 Å². The van der Waals surface area contributed by atoms with Crippen LogP contribution in [0, 0.1) is 0 Å². The van der Waals surface area contributed by atoms with Crippen LogP contribution in [0.4, 0.5) is 0 Å². The number of carbonyl (C=O) groups is 2. The summed E-state index contributed by atoms with van der Waals surface area (Å²) in [5.74, 6) is -0.862. The zero-order chi connectivity index (χ0) is 17.7. The van der Waals surface area contributed by atoms with E-state index in [0.29, 0.717) is 12.1 Å². The Morgan fingerprint density at radius 3 is 2.44 bits per heavy atom. The molecule has 1 fully saturated rings. The predicted molar refractivity (Wildman–Crippen MR) is 90.8 cm³/mol. The number of amides is 1. The molecule has 2 aromatic rings. The fourth-order valence-electron chi connectivity index (χ4n) is 2.93. The zero-order valence-corrected chi connectivity index (χ0v) is 14.0. The van der Waals surface area contributed by atoms with Crippen molar-refractivity contribution >= 4 is 11.9 Å². The number of benzene rings is 2. The lowest BCUT2D eigenvalue weighted by Gasteiger charge is -2.44. The van der Waals surface area contributed by atoms with Crippen molar-refractivity contribution in [3.05, 3.63) is 71.8 Å². The molecule has 1 N–H and O–H groups in total. The Labute approximate surface area is 146 Å². The van der Waals surface area contributed by atoms with Crippen molar-refractivity contribution in [2.24, 2.45) is 0 Å². The summed E-state index contributed by atoms with van der Waals surface area (Å²) in [5, 5.41) is 0. The summed E-state index contributed by atoms with van der Waals surface area (Å²) >= 11 is 0. The number of ether oxygens (including phenoxy) is 1. The van der Waals surface area contributed by atoms with Crippen LogP contribution < -0.4 is 5.48 Å². The Balaban J connectivity index is 1.93. The highest BCUT2D eigenvalue weighted by atomic mass is 16.7. The molecule has 1 aliphatic heterocycles. The number of hydroxylamine groups is 1. The quantitative estimate of drug-likeness (QED) is 0.843. The normalized spacial score (nSPS) is 20.4. The predicted octanol–water partition coefficient (Wildman–Crippen LogP) is 1.97. The van der Waals surface area contributed by atoms with Crippen molar-refractivity contribution in [1.82, 2.24) is 10.4 Å². The summed E-state index contributed by atoms with van der Waals surface area (Å²) < 4.78 is 5.53. The Bertz CT molecular complexity index is 736. The molecule has 2 aromatic carbocycles. The minimum Gasteiger partial charge on any atom is -0.458 e. The highest BCUT2D eigenvalue weighted by molar-refractivity contribution is 5.90. The van der Waals surface area contributed by atoms with Gasteiger partial charge in [0.25, 0.3) is 5.91 Å². The van der Waals surface area contributed by atoms with Crippen molar-refractivity contribution in [2.75, 3.05) is 13.2 Å². The van der Waals surface area contributed by atoms with E-state index in [4.69, 9.17) is 9.57 Å². The molecular weight excluding hydrogens is 320 g/mol. The topological polar surface area (TPSA) is 67.9 Å². The number of nitrogens with one attached hydrogen (secondary N) is 1. The first kappa shape index (κ1) is 17.1. The Morgan fingerprint density at radius 1 is 1.16 bits per heavy atom. The first-order chi connectivity index (χ1) is 12.2. The number of carbonyl (C=O) groups excluding carboxylic acids is 2. The highest BCUT2D eigenvalue weighted by Gasteiger charge is 2.52. The van der Waals surface area contributed by atoms with Crippen LogP contribution in [-0.2, 0) is 31.4 Å². The molecule has 6 heteroatoms. The molecule has 0 spiro atoms. The molecule has 1 aliphatic rings. The number of likely N-dealkylation sites (N-methyl/N-ethyl adjacent to an activating group) is 1. The largest absolute Gasteiger partial charge is 0.458 e. The number of hydrogen-bond donors (Lipinski definition) is 1. The van der Waals surface area contributed by atoms with Crippen LogP contribution in [0.25, 0.3) is 0 Å². The first-order valence-corrected chi connectivity index (χ1v) is 8.14. The second-order valence-electron chi connectivity index (χ2n) is 5.67. The third kappa shape index (κ3) is 3.26. The molecule has 1 atom stereocenters. The number of rotatable bonds is 5. The average molecular weight is 340 g/mol. The molecule has 3 rings (SSSR count). The maximum Gasteiger partial charge on any atom is 0.354 e. The second kappa shape index (κ2) is 7.46. The number of esters is 1. The summed E-state index contributed by atoms with van der Waals surface area (Å²) in [6.07, 6.45) is 0. The Morgan fingerprint density at radius 2 is 1.80 bits per heavy atom. The van der Waals surface area contributed by atoms with E-state index in [1.165, 1.54) is 4.90 Å². The molecule has 25 heavy (non-hydrogen) atoms. The lowest BCUT2D eigenvalue weighted by Crippen LogP contribution is -2.67. The van der Waals surface area contributed by atoms with Gasteiger partial charge in [0.2, 0.25) is 5.66 Å². The Hall–Kier alpha value is -2.70. The van der Waals surface area contributed by atoms with Crippen LogP contribution >= 0.6 is 0 Å². The molecular formula is C19H20N2O4. The minimum atomic E-state index is -1.50. The first-order valence-electron chi connectivity index (χ1n) is 8.14. The van der Waals surface area contributed by atoms with E-state index in [1.807, 2.05) is 43.3 Å². The fraction of sp³-hybridized carbons (Fsp3) is 0.263. The summed E-state index contributed by atoms with van der Waals surface area (Å²) in [6, 6.07) is 18.4. The van der Waals surface area contributed by atoms with Crippen molar-refractivity contribution in [1.29, 1.82) is 0 Å². The molecule has 0 aromatic heterocycles. The van der Waals surface area contributed by atoms with Gasteiger partial charge in [-0.15, -0.1) is 0 Å². The summed E-state index contributed by atoms with van der Waals surface area (Å²) in [6.45, 7) is 2.13. The molecule has 1 amide bonds. The molecule has 0 aliphatic carbocycles. The van der Waals surface area contributed by atoms with Gasteiger partial charge in [0.15, 0.2) is 0 Å². The van der Waals surface area contributed by atoms with Crippen LogP contribution in [-0.4, -0.2) is 29.9 Å². The highest BCUT2D eigenvalue weighted by Crippen LogP contribution is 2.30. The molecule has 0 radical (unpaired) electrons. The molecule has 6 nitrogen and oxygen atoms in total. The molecule has 1 heterocycles. The third-order valence-corrected chi connectivity index (χ3v) is 4.14. The third-order valence-electron chi connectivity index (χ3n) is 4.14. The van der Waals surface area contributed by atoms with E-state index < -0.39 is 11.6 Å². The van der Waals surface area contributed by atoms with Crippen LogP contribution in [0.15, 0.2) is 60.7 Å². The van der Waals surface area contributed by atoms with Crippen molar-refractivity contribution < 1.29 is 19.2 Å². The van der Waals surface area contributed by atoms with Crippen molar-refractivity contribution in [3.8, 4) is 0 Å². The van der Waals surface area contributed by atoms with Crippen LogP contribution in [0.1, 0.15) is 18.1 Å². The summed E-state index contributed by atoms with van der Waals surface area (Å²) in [5.41, 5.74) is 2.70. The smallest absolute Gasteiger partial charge is 0.354 e. The lowest BCUT2D eigenvalue weighted by atomic mass is 9.97. The van der Waals surface area contributed by atoms with Gasteiger partial charge in [-0.1, -0.05) is 60.7 Å². The second-order valence-corrected chi connectivity index (χ2v) is 5.67. The summed E-state index contributed by atoms with van der Waals surface area (Å²) in [7, 11) is 0. The van der Waals surface area contributed by atoms with Gasteiger partial charge in [-0.3, -0.25) is 9.63 Å². The van der Waals surface area contributed by atoms with Gasteiger partial charge in [0, 0.05) is 12.1 Å². The minimum absolute atomic E-state index is 0.113. The van der Waals surface area contributed by atoms with E-state index in [0.717, 1.165) is 5.56 Å². The average Bonchev–Trinajstić information content (AvgIpc) is 2.67. The molecule has 130 valence electrons. The van der Waals surface area contributed by atoms with Gasteiger partial charge in [0.05, 0.1) is 0 Å². The summed E-state index contributed by atoms with van der Waals surface area (Å²) in [4.78, 5) is 32.1. The zero-order valence-electron chi connectivity index (χ0n) is 14.0. The van der Waals surface area contributed by atoms with Gasteiger partial charge in [-0.2, -0.15) is 5.48 Å². The van der Waals surface area contributed by atoms with Crippen LogP contribution in [0.2, 0.25) is 0 Å². The molecule has 1 unspecified atom stereocenters. The van der Waals surface area contributed by atoms with Gasteiger partial charge >= 0.3 is 5.97 Å². The standard InChI is InChI=1S/C19H20N2O4/c1-2-21-17(22)14-25-20-19(21,16-11-7-4-8-12-16)18(23)24-13-15-9-5-3-6-10-15/h3-12,20H,2,13-14H2,1H3. The van der Waals surface area contributed by atoms with Gasteiger partial charge < -0.3 is 9.64 Å². The lowest BCUT2D eigenvalue weighted by molar-refractivity contribution is -0.202. The van der Waals surface area contributed by atoms with Gasteiger partial charge in [-0.05, 0) is 12.5 Å². The Kier molecular flexibility index (Phi) is 5.11. The molecule has 0 saturated carbocycles. The van der Waals surface area contributed by atoms with E-state index in [-0.39, 0.29) is 19.1 Å². The number of hydrogen-bond acceptors (Lipinski definition) is 5. The van der Waals surface area contributed by atoms with E-state index >= 15 is 0 Å². The fourth-order valence-corrected chi connectivity index (χ4v) is 2.93. The van der Waals surface area contributed by atoms with Crippen LogP contribution in [0.3, 0.4) is 0 Å². The van der Waals surface area contributed by atoms with E-state index in [2.05, 4.69) is 5.48 Å². The van der Waals surface area contributed by atoms with Crippen molar-refractivity contribution in [2.45, 2.75) is 19.2 Å². The van der Waals surface area contributed by atoms with E-state index in [9.17, 15) is 9.59 Å². The molecule has 0 bridgehead atoms. The van der Waals surface area contributed by atoms with Crippen LogP contribution in [0.5, 0.6) is 0 Å². The molecule has 1 saturated heterocycles. The maximum atomic E-state index is 13.1. The van der Waals surface area contributed by atoms with E-state index in [1.54, 1.807) is 24.3 Å². The SMILES string of the molecule is CCN1C(=O)CONC1(C(=O)OCc1ccccc1)c1ccccc1. The number of nitrogens with zero attached hydrogens (tertiary/aromatic N) is 1. The van der Waals surface area contributed by atoms with Crippen molar-refractivity contribution in [3.63, 3.8) is 0 Å². The maximum absolute atomic E-state index is 13.1.